The zero-order chi connectivity index (χ0) is 11.4. The van der Waals surface area contributed by atoms with Crippen molar-refractivity contribution in [3.63, 3.8) is 0 Å². The number of nitrogens with zero attached hydrogens (tertiary/aromatic N) is 1. The monoisotopic (exact) mass is 223 g/mol. The van der Waals surface area contributed by atoms with Gasteiger partial charge in [-0.2, -0.15) is 5.26 Å². The lowest BCUT2D eigenvalue weighted by molar-refractivity contribution is 0.107. The molecule has 15 heavy (non-hydrogen) atoms. The van der Waals surface area contributed by atoms with E-state index in [2.05, 4.69) is 0 Å². The predicted molar refractivity (Wildman–Crippen MR) is 53.3 cm³/mol. The van der Waals surface area contributed by atoms with Gasteiger partial charge in [0, 0.05) is 5.56 Å². The third kappa shape index (κ3) is 2.14. The van der Waals surface area contributed by atoms with Crippen molar-refractivity contribution in [3.8, 4) is 11.8 Å². The summed E-state index contributed by atoms with van der Waals surface area (Å²) < 4.78 is 4.88. The van der Waals surface area contributed by atoms with E-state index in [4.69, 9.17) is 21.6 Å². The van der Waals surface area contributed by atoms with Crippen molar-refractivity contribution >= 4 is 23.1 Å². The van der Waals surface area contributed by atoms with Crippen molar-refractivity contribution in [2.75, 3.05) is 7.11 Å². The Hall–Kier alpha value is -1.86. The molecule has 0 saturated heterocycles. The van der Waals surface area contributed by atoms with Crippen molar-refractivity contribution in [2.45, 2.75) is 0 Å². The van der Waals surface area contributed by atoms with Crippen LogP contribution in [0.25, 0.3) is 0 Å². The second-order valence-corrected chi connectivity index (χ2v) is 2.99. The molecule has 0 atom stereocenters. The van der Waals surface area contributed by atoms with Crippen molar-refractivity contribution in [1.82, 2.24) is 0 Å². The van der Waals surface area contributed by atoms with Gasteiger partial charge >= 0.3 is 0 Å². The highest BCUT2D eigenvalue weighted by Crippen LogP contribution is 2.24. The summed E-state index contributed by atoms with van der Waals surface area (Å²) in [7, 11) is 1.35. The number of nitriles is 1. The molecule has 1 rings (SSSR count). The van der Waals surface area contributed by atoms with E-state index in [-0.39, 0.29) is 22.4 Å². The lowest BCUT2D eigenvalue weighted by Gasteiger charge is -2.06. The fourth-order valence-electron chi connectivity index (χ4n) is 1.11. The van der Waals surface area contributed by atoms with Crippen LogP contribution in [0, 0.1) is 11.3 Å². The maximum atomic E-state index is 11.0. The molecular formula is C10H6ClNO3. The Labute approximate surface area is 91.0 Å². The highest BCUT2D eigenvalue weighted by molar-refractivity contribution is 6.68. The standard InChI is InChI=1S/C10H6ClNO3/c1-15-9-3-7(5-13)6(4-12)2-8(9)10(11)14/h2-3,5H,1H3. The van der Waals surface area contributed by atoms with Gasteiger partial charge in [0.15, 0.2) is 6.29 Å². The summed E-state index contributed by atoms with van der Waals surface area (Å²) in [6.45, 7) is 0. The summed E-state index contributed by atoms with van der Waals surface area (Å²) in [4.78, 5) is 21.6. The molecule has 0 bridgehead atoms. The van der Waals surface area contributed by atoms with Crippen molar-refractivity contribution in [3.05, 3.63) is 28.8 Å². The zero-order valence-electron chi connectivity index (χ0n) is 7.78. The lowest BCUT2D eigenvalue weighted by Crippen LogP contribution is -1.99. The molecule has 0 saturated carbocycles. The van der Waals surface area contributed by atoms with E-state index in [1.807, 2.05) is 0 Å². The number of methoxy groups -OCH3 is 1. The second-order valence-electron chi connectivity index (χ2n) is 2.64. The Morgan fingerprint density at radius 2 is 2.27 bits per heavy atom. The van der Waals surface area contributed by atoms with Crippen LogP contribution in [-0.4, -0.2) is 18.6 Å². The van der Waals surface area contributed by atoms with E-state index in [9.17, 15) is 9.59 Å². The summed E-state index contributed by atoms with van der Waals surface area (Å²) in [5, 5.41) is 7.98. The number of hydrogen-bond donors (Lipinski definition) is 0. The van der Waals surface area contributed by atoms with Crippen molar-refractivity contribution < 1.29 is 14.3 Å². The van der Waals surface area contributed by atoms with Crippen LogP contribution in [0.3, 0.4) is 0 Å². The van der Waals surface area contributed by atoms with Gasteiger partial charge in [-0.25, -0.2) is 0 Å². The van der Waals surface area contributed by atoms with E-state index in [0.29, 0.717) is 6.29 Å². The first-order valence-electron chi connectivity index (χ1n) is 3.91. The van der Waals surface area contributed by atoms with Crippen molar-refractivity contribution in [2.24, 2.45) is 0 Å². The van der Waals surface area contributed by atoms with Crippen LogP contribution in [0.1, 0.15) is 26.3 Å². The minimum absolute atomic E-state index is 0.0707. The molecule has 1 aromatic rings. The molecule has 0 N–H and O–H groups in total. The number of rotatable bonds is 3. The van der Waals surface area contributed by atoms with E-state index in [1.54, 1.807) is 6.07 Å². The number of hydrogen-bond acceptors (Lipinski definition) is 4. The van der Waals surface area contributed by atoms with Crippen LogP contribution < -0.4 is 4.74 Å². The van der Waals surface area contributed by atoms with E-state index >= 15 is 0 Å². The van der Waals surface area contributed by atoms with E-state index in [1.165, 1.54) is 19.2 Å². The molecule has 0 unspecified atom stereocenters. The Morgan fingerprint density at radius 3 is 2.67 bits per heavy atom. The number of benzene rings is 1. The molecular weight excluding hydrogens is 218 g/mol. The first kappa shape index (κ1) is 11.2. The average molecular weight is 224 g/mol. The molecule has 5 heteroatoms. The third-order valence-corrected chi connectivity index (χ3v) is 2.03. The summed E-state index contributed by atoms with van der Waals surface area (Å²) in [5.41, 5.74) is 0.326. The Bertz CT molecular complexity index is 462. The predicted octanol–water partition coefficient (Wildman–Crippen LogP) is 1.76. The summed E-state index contributed by atoms with van der Waals surface area (Å²) in [6.07, 6.45) is 0.517. The molecule has 4 nitrogen and oxygen atoms in total. The molecule has 1 aromatic carbocycles. The molecule has 0 spiro atoms. The quantitative estimate of drug-likeness (QED) is 0.578. The van der Waals surface area contributed by atoms with Gasteiger partial charge in [-0.05, 0) is 23.7 Å². The van der Waals surface area contributed by atoms with Gasteiger partial charge in [0.2, 0.25) is 0 Å². The minimum atomic E-state index is -0.735. The van der Waals surface area contributed by atoms with Gasteiger partial charge < -0.3 is 4.74 Å². The van der Waals surface area contributed by atoms with Gasteiger partial charge in [0.05, 0.1) is 24.3 Å². The number of halogens is 1. The van der Waals surface area contributed by atoms with E-state index < -0.39 is 5.24 Å². The largest absolute Gasteiger partial charge is 0.496 e. The Balaban J connectivity index is 3.49. The Kier molecular flexibility index (Phi) is 3.42. The number of carbonyl (C=O) groups excluding carboxylic acids is 2. The van der Waals surface area contributed by atoms with Gasteiger partial charge in [-0.3, -0.25) is 9.59 Å². The summed E-state index contributed by atoms with van der Waals surface area (Å²) >= 11 is 5.29. The maximum Gasteiger partial charge on any atom is 0.256 e. The first-order valence-corrected chi connectivity index (χ1v) is 4.29. The zero-order valence-corrected chi connectivity index (χ0v) is 8.54. The van der Waals surface area contributed by atoms with Gasteiger partial charge in [0.25, 0.3) is 5.24 Å². The van der Waals surface area contributed by atoms with Crippen LogP contribution in [0.4, 0.5) is 0 Å². The number of carbonyl (C=O) groups is 2. The fraction of sp³-hybridized carbons (Fsp3) is 0.100. The molecule has 0 aliphatic carbocycles. The van der Waals surface area contributed by atoms with Gasteiger partial charge in [-0.1, -0.05) is 0 Å². The number of ether oxygens (including phenoxy) is 1. The molecule has 0 fully saturated rings. The Morgan fingerprint density at radius 1 is 1.60 bits per heavy atom. The van der Waals surface area contributed by atoms with Crippen LogP contribution in [0.2, 0.25) is 0 Å². The highest BCUT2D eigenvalue weighted by atomic mass is 35.5. The van der Waals surface area contributed by atoms with Crippen LogP contribution in [0.15, 0.2) is 12.1 Å². The van der Waals surface area contributed by atoms with Crippen LogP contribution in [0.5, 0.6) is 5.75 Å². The summed E-state index contributed by atoms with van der Waals surface area (Å²) in [6, 6.07) is 4.34. The highest BCUT2D eigenvalue weighted by Gasteiger charge is 2.14. The first-order chi connectivity index (χ1) is 7.13. The van der Waals surface area contributed by atoms with Gasteiger partial charge in [-0.15, -0.1) is 0 Å². The third-order valence-electron chi connectivity index (χ3n) is 1.83. The SMILES string of the molecule is COc1cc(C=O)c(C#N)cc1C(=O)Cl. The normalized spacial score (nSPS) is 9.13. The minimum Gasteiger partial charge on any atom is -0.496 e. The molecule has 0 aromatic heterocycles. The second kappa shape index (κ2) is 4.58. The van der Waals surface area contributed by atoms with Gasteiger partial charge in [0.1, 0.15) is 5.75 Å². The molecule has 0 radical (unpaired) electrons. The molecule has 0 amide bonds. The average Bonchev–Trinajstić information content (AvgIpc) is 2.26. The lowest BCUT2D eigenvalue weighted by atomic mass is 10.1. The molecule has 0 aliphatic rings. The number of aldehydes is 1. The smallest absolute Gasteiger partial charge is 0.256 e. The van der Waals surface area contributed by atoms with Crippen LogP contribution in [-0.2, 0) is 0 Å². The fourth-order valence-corrected chi connectivity index (χ4v) is 1.26. The van der Waals surface area contributed by atoms with Crippen molar-refractivity contribution in [1.29, 1.82) is 5.26 Å². The molecule has 0 heterocycles. The molecule has 76 valence electrons. The van der Waals surface area contributed by atoms with E-state index in [0.717, 1.165) is 0 Å². The van der Waals surface area contributed by atoms with Crippen LogP contribution >= 0.6 is 11.6 Å². The maximum absolute atomic E-state index is 11.0. The topological polar surface area (TPSA) is 67.2 Å². The molecule has 0 aliphatic heterocycles. The summed E-state index contributed by atoms with van der Waals surface area (Å²) in [5.74, 6) is 0.177.